The highest BCUT2D eigenvalue weighted by Gasteiger charge is 2.20. The highest BCUT2D eigenvalue weighted by atomic mass is 16.6. The molecule has 1 aliphatic rings. The quantitative estimate of drug-likeness (QED) is 0.717. The molecule has 1 atom stereocenters. The summed E-state index contributed by atoms with van der Waals surface area (Å²) in [5, 5.41) is 0. The molecular formula is C11H15NO. The van der Waals surface area contributed by atoms with E-state index in [2.05, 4.69) is 29.1 Å². The Kier molecular flexibility index (Phi) is 2.62. The van der Waals surface area contributed by atoms with E-state index in [-0.39, 0.29) is 0 Å². The fourth-order valence-electron chi connectivity index (χ4n) is 2.16. The second-order valence-corrected chi connectivity index (χ2v) is 3.59. The summed E-state index contributed by atoms with van der Waals surface area (Å²) in [7, 11) is 0. The molecule has 0 fully saturated rings. The van der Waals surface area contributed by atoms with Crippen LogP contribution < -0.4 is 5.90 Å². The summed E-state index contributed by atoms with van der Waals surface area (Å²) in [5.74, 6) is 5.69. The van der Waals surface area contributed by atoms with Gasteiger partial charge in [0.2, 0.25) is 0 Å². The van der Waals surface area contributed by atoms with Crippen LogP contribution in [0.15, 0.2) is 24.3 Å². The van der Waals surface area contributed by atoms with Gasteiger partial charge in [-0.3, -0.25) is 0 Å². The van der Waals surface area contributed by atoms with Crippen LogP contribution in [0.5, 0.6) is 0 Å². The number of hydrogen-bond acceptors (Lipinski definition) is 2. The molecule has 0 spiro atoms. The van der Waals surface area contributed by atoms with Gasteiger partial charge in [0.25, 0.3) is 0 Å². The predicted octanol–water partition coefficient (Wildman–Crippen LogP) is 2.00. The Morgan fingerprint density at radius 3 is 3.08 bits per heavy atom. The minimum atomic E-state index is 0.666. The Labute approximate surface area is 78.7 Å². The normalized spacial score (nSPS) is 20.2. The molecule has 1 unspecified atom stereocenters. The number of aryl methyl sites for hydroxylation is 1. The number of benzene rings is 1. The third-order valence-electron chi connectivity index (χ3n) is 2.84. The number of hydrogen-bond donors (Lipinski definition) is 1. The van der Waals surface area contributed by atoms with E-state index < -0.39 is 0 Å². The Balaban J connectivity index is 2.09. The van der Waals surface area contributed by atoms with Crippen molar-refractivity contribution in [3.8, 4) is 0 Å². The average molecular weight is 177 g/mol. The standard InChI is InChI=1S/C11H15NO/c12-13-8-7-10-6-5-9-3-1-2-4-11(9)10/h1-4,10H,5-8,12H2. The molecular weight excluding hydrogens is 162 g/mol. The zero-order chi connectivity index (χ0) is 9.10. The smallest absolute Gasteiger partial charge is 0.0685 e. The van der Waals surface area contributed by atoms with E-state index in [1.54, 1.807) is 0 Å². The number of nitrogens with two attached hydrogens (primary N) is 1. The maximum absolute atomic E-state index is 5.03. The monoisotopic (exact) mass is 177 g/mol. The summed E-state index contributed by atoms with van der Waals surface area (Å²) in [6, 6.07) is 8.67. The zero-order valence-electron chi connectivity index (χ0n) is 7.70. The molecule has 0 radical (unpaired) electrons. The second kappa shape index (κ2) is 3.90. The van der Waals surface area contributed by atoms with Crippen LogP contribution in [-0.4, -0.2) is 6.61 Å². The molecule has 13 heavy (non-hydrogen) atoms. The summed E-state index contributed by atoms with van der Waals surface area (Å²) in [6.45, 7) is 0.666. The first kappa shape index (κ1) is 8.73. The van der Waals surface area contributed by atoms with E-state index in [4.69, 9.17) is 5.90 Å². The van der Waals surface area contributed by atoms with Gasteiger partial charge in [-0.05, 0) is 36.3 Å². The fourth-order valence-corrected chi connectivity index (χ4v) is 2.16. The third kappa shape index (κ3) is 1.74. The molecule has 1 aromatic carbocycles. The second-order valence-electron chi connectivity index (χ2n) is 3.59. The van der Waals surface area contributed by atoms with Crippen molar-refractivity contribution in [2.24, 2.45) is 5.90 Å². The molecule has 1 aromatic rings. The van der Waals surface area contributed by atoms with Crippen LogP contribution >= 0.6 is 0 Å². The molecule has 0 bridgehead atoms. The van der Waals surface area contributed by atoms with Crippen LogP contribution in [0.25, 0.3) is 0 Å². The lowest BCUT2D eigenvalue weighted by Gasteiger charge is -2.09. The van der Waals surface area contributed by atoms with Gasteiger partial charge in [-0.1, -0.05) is 24.3 Å². The molecule has 2 nitrogen and oxygen atoms in total. The van der Waals surface area contributed by atoms with Crippen molar-refractivity contribution in [1.29, 1.82) is 0 Å². The van der Waals surface area contributed by atoms with E-state index in [1.165, 1.54) is 24.0 Å². The topological polar surface area (TPSA) is 35.2 Å². The molecule has 2 N–H and O–H groups in total. The molecule has 0 aromatic heterocycles. The average Bonchev–Trinajstić information content (AvgIpc) is 2.58. The number of fused-ring (bicyclic) bond motifs is 1. The maximum Gasteiger partial charge on any atom is 0.0685 e. The van der Waals surface area contributed by atoms with Gasteiger partial charge in [-0.25, -0.2) is 5.90 Å². The van der Waals surface area contributed by atoms with Crippen molar-refractivity contribution < 1.29 is 4.84 Å². The van der Waals surface area contributed by atoms with Crippen molar-refractivity contribution in [2.75, 3.05) is 6.61 Å². The molecule has 0 amide bonds. The van der Waals surface area contributed by atoms with Crippen molar-refractivity contribution in [2.45, 2.75) is 25.2 Å². The first-order valence-corrected chi connectivity index (χ1v) is 4.81. The summed E-state index contributed by atoms with van der Waals surface area (Å²) in [6.07, 6.45) is 3.52. The van der Waals surface area contributed by atoms with Crippen molar-refractivity contribution >= 4 is 0 Å². The van der Waals surface area contributed by atoms with Crippen LogP contribution in [0.2, 0.25) is 0 Å². The highest BCUT2D eigenvalue weighted by molar-refractivity contribution is 5.34. The largest absolute Gasteiger partial charge is 0.305 e. The van der Waals surface area contributed by atoms with Crippen LogP contribution in [0.1, 0.15) is 29.9 Å². The van der Waals surface area contributed by atoms with Gasteiger partial charge in [-0.2, -0.15) is 0 Å². The van der Waals surface area contributed by atoms with Crippen molar-refractivity contribution in [1.82, 2.24) is 0 Å². The van der Waals surface area contributed by atoms with Gasteiger partial charge >= 0.3 is 0 Å². The van der Waals surface area contributed by atoms with E-state index in [9.17, 15) is 0 Å². The minimum absolute atomic E-state index is 0.666. The van der Waals surface area contributed by atoms with Gasteiger partial charge in [0.1, 0.15) is 0 Å². The zero-order valence-corrected chi connectivity index (χ0v) is 7.70. The molecule has 0 saturated heterocycles. The first-order chi connectivity index (χ1) is 6.42. The van der Waals surface area contributed by atoms with E-state index in [0.717, 1.165) is 6.42 Å². The fraction of sp³-hybridized carbons (Fsp3) is 0.455. The van der Waals surface area contributed by atoms with E-state index in [0.29, 0.717) is 12.5 Å². The molecule has 1 aliphatic carbocycles. The van der Waals surface area contributed by atoms with Crippen LogP contribution in [0, 0.1) is 0 Å². The number of rotatable bonds is 3. The predicted molar refractivity (Wildman–Crippen MR) is 52.3 cm³/mol. The Bertz CT molecular complexity index is 285. The van der Waals surface area contributed by atoms with Gasteiger partial charge in [0, 0.05) is 0 Å². The minimum Gasteiger partial charge on any atom is -0.305 e. The Morgan fingerprint density at radius 1 is 1.38 bits per heavy atom. The first-order valence-electron chi connectivity index (χ1n) is 4.81. The van der Waals surface area contributed by atoms with Crippen molar-refractivity contribution in [3.05, 3.63) is 35.4 Å². The molecule has 0 saturated carbocycles. The maximum atomic E-state index is 5.03. The molecule has 2 rings (SSSR count). The lowest BCUT2D eigenvalue weighted by atomic mass is 9.98. The third-order valence-corrected chi connectivity index (χ3v) is 2.84. The molecule has 70 valence electrons. The van der Waals surface area contributed by atoms with Crippen LogP contribution in [0.4, 0.5) is 0 Å². The van der Waals surface area contributed by atoms with Crippen LogP contribution in [-0.2, 0) is 11.3 Å². The summed E-state index contributed by atoms with van der Waals surface area (Å²) >= 11 is 0. The van der Waals surface area contributed by atoms with Gasteiger partial charge in [0.05, 0.1) is 6.61 Å². The van der Waals surface area contributed by atoms with Gasteiger partial charge in [0.15, 0.2) is 0 Å². The van der Waals surface area contributed by atoms with E-state index in [1.807, 2.05) is 0 Å². The molecule has 0 aliphatic heterocycles. The SMILES string of the molecule is NOCCC1CCc2ccccc21. The lowest BCUT2D eigenvalue weighted by molar-refractivity contribution is 0.130. The van der Waals surface area contributed by atoms with Gasteiger partial charge < -0.3 is 4.84 Å². The molecule has 2 heteroatoms. The Morgan fingerprint density at radius 2 is 2.23 bits per heavy atom. The van der Waals surface area contributed by atoms with Crippen LogP contribution in [0.3, 0.4) is 0 Å². The summed E-state index contributed by atoms with van der Waals surface area (Å²) in [5.41, 5.74) is 3.00. The summed E-state index contributed by atoms with van der Waals surface area (Å²) in [4.78, 5) is 4.62. The lowest BCUT2D eigenvalue weighted by Crippen LogP contribution is -2.05. The highest BCUT2D eigenvalue weighted by Crippen LogP contribution is 2.34. The molecule has 0 heterocycles. The van der Waals surface area contributed by atoms with Crippen molar-refractivity contribution in [3.63, 3.8) is 0 Å². The van der Waals surface area contributed by atoms with E-state index >= 15 is 0 Å². The Hall–Kier alpha value is -0.860. The van der Waals surface area contributed by atoms with Gasteiger partial charge in [-0.15, -0.1) is 0 Å². The summed E-state index contributed by atoms with van der Waals surface area (Å²) < 4.78 is 0.